The average Bonchev–Trinajstić information content (AvgIpc) is 3.48. The van der Waals surface area contributed by atoms with Gasteiger partial charge >= 0.3 is 0 Å². The van der Waals surface area contributed by atoms with Gasteiger partial charge in [-0.3, -0.25) is 14.7 Å². The number of nitrogens with zero attached hydrogens (tertiary/aromatic N) is 4. The number of nitrogens with one attached hydrogen (secondary N) is 1. The molecule has 3 heterocycles. The molecule has 4 rings (SSSR count). The molecule has 1 N–H and O–H groups in total. The molecule has 6 nitrogen and oxygen atoms in total. The van der Waals surface area contributed by atoms with Gasteiger partial charge in [-0.1, -0.05) is 0 Å². The lowest BCUT2D eigenvalue weighted by Crippen LogP contribution is -2.51. The molecule has 0 bridgehead atoms. The molecule has 142 valence electrons. The minimum atomic E-state index is 0.187. The Balaban J connectivity index is 1.32. The Morgan fingerprint density at radius 1 is 1.12 bits per heavy atom. The highest BCUT2D eigenvalue weighted by Gasteiger charge is 2.34. The van der Waals surface area contributed by atoms with Crippen LogP contribution in [0.3, 0.4) is 0 Å². The van der Waals surface area contributed by atoms with Crippen LogP contribution < -0.4 is 10.2 Å². The van der Waals surface area contributed by atoms with Gasteiger partial charge in [0.05, 0.1) is 17.3 Å². The van der Waals surface area contributed by atoms with E-state index in [0.717, 1.165) is 69.1 Å². The molecule has 2 saturated heterocycles. The third-order valence-electron chi connectivity index (χ3n) is 6.08. The van der Waals surface area contributed by atoms with E-state index in [4.69, 9.17) is 4.98 Å². The van der Waals surface area contributed by atoms with Gasteiger partial charge in [0.2, 0.25) is 5.91 Å². The van der Waals surface area contributed by atoms with E-state index in [0.29, 0.717) is 18.0 Å². The molecule has 0 aromatic carbocycles. The first kappa shape index (κ1) is 17.7. The number of hydrogen-bond acceptors (Lipinski definition) is 5. The molecule has 0 spiro atoms. The SMILES string of the molecule is Cc1cnc(C)c(N2CCC(N3CCC[C@H](C(=O)NC4CC4)C3)CC2)n1. The molecule has 1 saturated carbocycles. The van der Waals surface area contributed by atoms with Gasteiger partial charge in [0.15, 0.2) is 0 Å². The van der Waals surface area contributed by atoms with Crippen molar-refractivity contribution in [2.45, 2.75) is 64.5 Å². The fraction of sp³-hybridized carbons (Fsp3) is 0.750. The van der Waals surface area contributed by atoms with E-state index in [1.807, 2.05) is 20.0 Å². The summed E-state index contributed by atoms with van der Waals surface area (Å²) < 4.78 is 0. The quantitative estimate of drug-likeness (QED) is 0.894. The number of rotatable bonds is 4. The zero-order valence-electron chi connectivity index (χ0n) is 16.1. The number of hydrogen-bond donors (Lipinski definition) is 1. The normalized spacial score (nSPS) is 25.3. The fourth-order valence-corrected chi connectivity index (χ4v) is 4.37. The first-order valence-corrected chi connectivity index (χ1v) is 10.2. The Bertz CT molecular complexity index is 652. The number of carbonyl (C=O) groups excluding carboxylic acids is 1. The predicted molar refractivity (Wildman–Crippen MR) is 102 cm³/mol. The van der Waals surface area contributed by atoms with Crippen molar-refractivity contribution in [3.05, 3.63) is 17.6 Å². The lowest BCUT2D eigenvalue weighted by Gasteiger charge is -2.42. The summed E-state index contributed by atoms with van der Waals surface area (Å²) in [4.78, 5) is 26.5. The zero-order chi connectivity index (χ0) is 18.1. The summed E-state index contributed by atoms with van der Waals surface area (Å²) >= 11 is 0. The first-order chi connectivity index (χ1) is 12.6. The summed E-state index contributed by atoms with van der Waals surface area (Å²) in [6, 6.07) is 1.07. The molecule has 6 heteroatoms. The maximum Gasteiger partial charge on any atom is 0.224 e. The summed E-state index contributed by atoms with van der Waals surface area (Å²) in [6.07, 6.45) is 8.66. The summed E-state index contributed by atoms with van der Waals surface area (Å²) in [5.74, 6) is 1.52. The molecule has 1 amide bonds. The Hall–Kier alpha value is -1.69. The Labute approximate surface area is 156 Å². The van der Waals surface area contributed by atoms with Crippen LogP contribution in [0, 0.1) is 19.8 Å². The van der Waals surface area contributed by atoms with Crippen LogP contribution in [0.25, 0.3) is 0 Å². The van der Waals surface area contributed by atoms with E-state index in [2.05, 4.69) is 20.1 Å². The predicted octanol–water partition coefficient (Wildman–Crippen LogP) is 2.05. The zero-order valence-corrected chi connectivity index (χ0v) is 16.1. The van der Waals surface area contributed by atoms with Crippen molar-refractivity contribution in [3.8, 4) is 0 Å². The van der Waals surface area contributed by atoms with Gasteiger partial charge in [-0.05, 0) is 58.9 Å². The number of likely N-dealkylation sites (tertiary alicyclic amines) is 1. The molecular weight excluding hydrogens is 326 g/mol. The standard InChI is InChI=1S/C20H31N5O/c1-14-12-21-15(2)19(22-14)24-10-7-18(8-11-24)25-9-3-4-16(13-25)20(26)23-17-5-6-17/h12,16-18H,3-11,13H2,1-2H3,(H,23,26)/t16-/m0/s1. The van der Waals surface area contributed by atoms with Crippen molar-refractivity contribution in [2.75, 3.05) is 31.1 Å². The monoisotopic (exact) mass is 357 g/mol. The van der Waals surface area contributed by atoms with Gasteiger partial charge in [-0.2, -0.15) is 0 Å². The van der Waals surface area contributed by atoms with Gasteiger partial charge in [0, 0.05) is 37.9 Å². The van der Waals surface area contributed by atoms with Crippen LogP contribution in [0.5, 0.6) is 0 Å². The van der Waals surface area contributed by atoms with E-state index in [1.165, 1.54) is 12.8 Å². The van der Waals surface area contributed by atoms with Crippen molar-refractivity contribution in [2.24, 2.45) is 5.92 Å². The lowest BCUT2D eigenvalue weighted by atomic mass is 9.93. The molecule has 2 aliphatic heterocycles. The Kier molecular flexibility index (Phi) is 5.11. The van der Waals surface area contributed by atoms with Gasteiger partial charge in [0.1, 0.15) is 5.82 Å². The van der Waals surface area contributed by atoms with E-state index < -0.39 is 0 Å². The first-order valence-electron chi connectivity index (χ1n) is 10.2. The maximum atomic E-state index is 12.4. The van der Waals surface area contributed by atoms with E-state index in [-0.39, 0.29) is 5.92 Å². The number of aromatic nitrogens is 2. The Morgan fingerprint density at radius 3 is 2.62 bits per heavy atom. The summed E-state index contributed by atoms with van der Waals surface area (Å²) in [6.45, 7) is 8.18. The number of anilines is 1. The molecule has 3 fully saturated rings. The van der Waals surface area contributed by atoms with Crippen LogP contribution in [-0.4, -0.2) is 59.0 Å². The largest absolute Gasteiger partial charge is 0.355 e. The number of piperidine rings is 2. The van der Waals surface area contributed by atoms with Gasteiger partial charge in [-0.25, -0.2) is 4.98 Å². The average molecular weight is 358 g/mol. The van der Waals surface area contributed by atoms with Gasteiger partial charge in [-0.15, -0.1) is 0 Å². The van der Waals surface area contributed by atoms with Crippen LogP contribution in [0.4, 0.5) is 5.82 Å². The molecule has 1 aliphatic carbocycles. The molecule has 1 aromatic heterocycles. The molecular formula is C20H31N5O. The summed E-state index contributed by atoms with van der Waals surface area (Å²) in [5.41, 5.74) is 2.00. The highest BCUT2D eigenvalue weighted by molar-refractivity contribution is 5.79. The van der Waals surface area contributed by atoms with Crippen LogP contribution in [0.1, 0.15) is 49.9 Å². The molecule has 26 heavy (non-hydrogen) atoms. The third-order valence-corrected chi connectivity index (χ3v) is 6.08. The van der Waals surface area contributed by atoms with E-state index in [9.17, 15) is 4.79 Å². The van der Waals surface area contributed by atoms with Crippen molar-refractivity contribution in [1.82, 2.24) is 20.2 Å². The highest BCUT2D eigenvalue weighted by atomic mass is 16.2. The molecule has 0 unspecified atom stereocenters. The van der Waals surface area contributed by atoms with Gasteiger partial charge < -0.3 is 10.2 Å². The number of amides is 1. The topological polar surface area (TPSA) is 61.4 Å². The third kappa shape index (κ3) is 4.00. The van der Waals surface area contributed by atoms with Crippen LogP contribution >= 0.6 is 0 Å². The van der Waals surface area contributed by atoms with Crippen LogP contribution in [0.15, 0.2) is 6.20 Å². The van der Waals surface area contributed by atoms with Crippen LogP contribution in [-0.2, 0) is 4.79 Å². The second-order valence-corrected chi connectivity index (χ2v) is 8.26. The second kappa shape index (κ2) is 7.51. The number of aryl methyl sites for hydroxylation is 2. The molecule has 1 aromatic rings. The fourth-order valence-electron chi connectivity index (χ4n) is 4.37. The minimum absolute atomic E-state index is 0.187. The molecule has 3 aliphatic rings. The van der Waals surface area contributed by atoms with Crippen molar-refractivity contribution >= 4 is 11.7 Å². The number of carbonyl (C=O) groups is 1. The smallest absolute Gasteiger partial charge is 0.224 e. The van der Waals surface area contributed by atoms with Gasteiger partial charge in [0.25, 0.3) is 0 Å². The highest BCUT2D eigenvalue weighted by Crippen LogP contribution is 2.27. The summed E-state index contributed by atoms with van der Waals surface area (Å²) in [5, 5.41) is 3.20. The minimum Gasteiger partial charge on any atom is -0.355 e. The van der Waals surface area contributed by atoms with Crippen molar-refractivity contribution < 1.29 is 4.79 Å². The maximum absolute atomic E-state index is 12.4. The lowest BCUT2D eigenvalue weighted by molar-refractivity contribution is -0.127. The van der Waals surface area contributed by atoms with Crippen molar-refractivity contribution in [3.63, 3.8) is 0 Å². The van der Waals surface area contributed by atoms with E-state index in [1.54, 1.807) is 0 Å². The van der Waals surface area contributed by atoms with E-state index >= 15 is 0 Å². The second-order valence-electron chi connectivity index (χ2n) is 8.26. The summed E-state index contributed by atoms with van der Waals surface area (Å²) in [7, 11) is 0. The van der Waals surface area contributed by atoms with Crippen molar-refractivity contribution in [1.29, 1.82) is 0 Å². The molecule has 0 radical (unpaired) electrons. The Morgan fingerprint density at radius 2 is 1.88 bits per heavy atom. The molecule has 1 atom stereocenters. The van der Waals surface area contributed by atoms with Crippen LogP contribution in [0.2, 0.25) is 0 Å².